The maximum absolute atomic E-state index is 11.1. The standard InChI is InChI=1S/C10H10BNO4/c1-2-6-16-10(13)12-9-5-3-4-8(7-9)11(14)15/h1,3-5,7,14-15H,6H2,(H,12,13). The minimum absolute atomic E-state index is 0.117. The summed E-state index contributed by atoms with van der Waals surface area (Å²) in [6.45, 7) is -0.117. The van der Waals surface area contributed by atoms with E-state index in [0.717, 1.165) is 0 Å². The molecule has 0 bridgehead atoms. The Bertz CT molecular complexity index is 414. The van der Waals surface area contributed by atoms with Crippen molar-refractivity contribution in [1.82, 2.24) is 0 Å². The first-order valence-electron chi connectivity index (χ1n) is 4.47. The zero-order valence-electron chi connectivity index (χ0n) is 8.38. The predicted molar refractivity (Wildman–Crippen MR) is 60.1 cm³/mol. The second kappa shape index (κ2) is 5.80. The van der Waals surface area contributed by atoms with Gasteiger partial charge in [-0.1, -0.05) is 18.1 Å². The Kier molecular flexibility index (Phi) is 4.39. The molecule has 1 rings (SSSR count). The summed E-state index contributed by atoms with van der Waals surface area (Å²) in [6.07, 6.45) is 4.22. The summed E-state index contributed by atoms with van der Waals surface area (Å²) in [5, 5.41) is 20.2. The summed E-state index contributed by atoms with van der Waals surface area (Å²) in [4.78, 5) is 11.1. The third-order valence-electron chi connectivity index (χ3n) is 1.72. The summed E-state index contributed by atoms with van der Waals surface area (Å²) >= 11 is 0. The van der Waals surface area contributed by atoms with E-state index in [0.29, 0.717) is 5.69 Å². The maximum Gasteiger partial charge on any atom is 0.488 e. The third kappa shape index (κ3) is 3.65. The molecule has 0 heterocycles. The van der Waals surface area contributed by atoms with Gasteiger partial charge in [-0.05, 0) is 17.6 Å². The molecule has 0 radical (unpaired) electrons. The zero-order valence-corrected chi connectivity index (χ0v) is 8.38. The normalized spacial score (nSPS) is 9.06. The van der Waals surface area contributed by atoms with Gasteiger partial charge >= 0.3 is 13.2 Å². The first-order valence-corrected chi connectivity index (χ1v) is 4.47. The lowest BCUT2D eigenvalue weighted by Crippen LogP contribution is -2.30. The number of ether oxygens (including phenoxy) is 1. The van der Waals surface area contributed by atoms with Crippen LogP contribution in [0.4, 0.5) is 10.5 Å². The van der Waals surface area contributed by atoms with Gasteiger partial charge in [-0.25, -0.2) is 4.79 Å². The summed E-state index contributed by atoms with van der Waals surface area (Å²) in [7, 11) is -1.58. The first kappa shape index (κ1) is 12.1. The van der Waals surface area contributed by atoms with Gasteiger partial charge in [0.2, 0.25) is 0 Å². The molecule has 5 nitrogen and oxygen atoms in total. The molecule has 0 saturated heterocycles. The Morgan fingerprint density at radius 2 is 2.31 bits per heavy atom. The van der Waals surface area contributed by atoms with Crippen LogP contribution in [-0.2, 0) is 4.74 Å². The highest BCUT2D eigenvalue weighted by Gasteiger charge is 2.11. The van der Waals surface area contributed by atoms with Crippen LogP contribution in [0.5, 0.6) is 0 Å². The molecule has 3 N–H and O–H groups in total. The van der Waals surface area contributed by atoms with E-state index < -0.39 is 13.2 Å². The fourth-order valence-corrected chi connectivity index (χ4v) is 1.04. The van der Waals surface area contributed by atoms with Gasteiger partial charge in [0.15, 0.2) is 6.61 Å². The zero-order chi connectivity index (χ0) is 12.0. The van der Waals surface area contributed by atoms with E-state index >= 15 is 0 Å². The fraction of sp³-hybridized carbons (Fsp3) is 0.100. The minimum atomic E-state index is -1.58. The van der Waals surface area contributed by atoms with Crippen molar-refractivity contribution in [3.8, 4) is 12.3 Å². The van der Waals surface area contributed by atoms with Crippen molar-refractivity contribution in [2.24, 2.45) is 0 Å². The number of hydrogen-bond acceptors (Lipinski definition) is 4. The summed E-state index contributed by atoms with van der Waals surface area (Å²) in [6, 6.07) is 6.10. The molecular weight excluding hydrogens is 209 g/mol. The van der Waals surface area contributed by atoms with E-state index in [1.807, 2.05) is 0 Å². The van der Waals surface area contributed by atoms with Crippen LogP contribution in [0.1, 0.15) is 0 Å². The topological polar surface area (TPSA) is 78.8 Å². The van der Waals surface area contributed by atoms with Crippen molar-refractivity contribution in [2.75, 3.05) is 11.9 Å². The van der Waals surface area contributed by atoms with Crippen LogP contribution in [0.15, 0.2) is 24.3 Å². The molecule has 1 aromatic rings. The number of hydrogen-bond donors (Lipinski definition) is 3. The molecule has 1 amide bonds. The second-order valence-corrected chi connectivity index (χ2v) is 2.90. The van der Waals surface area contributed by atoms with Crippen LogP contribution in [0.25, 0.3) is 0 Å². The molecule has 82 valence electrons. The number of anilines is 1. The summed E-state index contributed by atoms with van der Waals surface area (Å²) < 4.78 is 4.58. The van der Waals surface area contributed by atoms with Gasteiger partial charge in [-0.15, -0.1) is 6.42 Å². The molecule has 0 spiro atoms. The molecule has 0 aromatic heterocycles. The van der Waals surface area contributed by atoms with Crippen LogP contribution >= 0.6 is 0 Å². The van der Waals surface area contributed by atoms with Crippen molar-refractivity contribution in [3.05, 3.63) is 24.3 Å². The van der Waals surface area contributed by atoms with Gasteiger partial charge in [-0.2, -0.15) is 0 Å². The largest absolute Gasteiger partial charge is 0.488 e. The Morgan fingerprint density at radius 1 is 1.56 bits per heavy atom. The molecule has 16 heavy (non-hydrogen) atoms. The van der Waals surface area contributed by atoms with Gasteiger partial charge < -0.3 is 14.8 Å². The molecule has 0 fully saturated rings. The summed E-state index contributed by atoms with van der Waals surface area (Å²) in [5.41, 5.74) is 0.669. The molecule has 0 saturated carbocycles. The molecule has 0 atom stereocenters. The molecular formula is C10H10BNO4. The van der Waals surface area contributed by atoms with Gasteiger partial charge in [0.25, 0.3) is 0 Å². The number of benzene rings is 1. The van der Waals surface area contributed by atoms with Gasteiger partial charge in [0, 0.05) is 5.69 Å². The number of carbonyl (C=O) groups is 1. The fourth-order valence-electron chi connectivity index (χ4n) is 1.04. The summed E-state index contributed by atoms with van der Waals surface area (Å²) in [5.74, 6) is 2.15. The lowest BCUT2D eigenvalue weighted by Gasteiger charge is -2.06. The van der Waals surface area contributed by atoms with Gasteiger partial charge in [0.05, 0.1) is 0 Å². The van der Waals surface area contributed by atoms with E-state index in [2.05, 4.69) is 16.0 Å². The van der Waals surface area contributed by atoms with Crippen molar-refractivity contribution in [1.29, 1.82) is 0 Å². The van der Waals surface area contributed by atoms with Crippen LogP contribution in [0.3, 0.4) is 0 Å². The first-order chi connectivity index (χ1) is 7.63. The van der Waals surface area contributed by atoms with E-state index in [-0.39, 0.29) is 12.1 Å². The van der Waals surface area contributed by atoms with Crippen LogP contribution < -0.4 is 10.8 Å². The van der Waals surface area contributed by atoms with Crippen LogP contribution in [0.2, 0.25) is 0 Å². The molecule has 6 heteroatoms. The van der Waals surface area contributed by atoms with E-state index in [1.54, 1.807) is 12.1 Å². The highest BCUT2D eigenvalue weighted by molar-refractivity contribution is 6.58. The maximum atomic E-state index is 11.1. The number of rotatable bonds is 3. The molecule has 0 aliphatic heterocycles. The van der Waals surface area contributed by atoms with E-state index in [9.17, 15) is 4.79 Å². The third-order valence-corrected chi connectivity index (χ3v) is 1.72. The predicted octanol–water partition coefficient (Wildman–Crippen LogP) is -0.452. The monoisotopic (exact) mass is 219 g/mol. The van der Waals surface area contributed by atoms with E-state index in [1.165, 1.54) is 12.1 Å². The lowest BCUT2D eigenvalue weighted by molar-refractivity contribution is 0.176. The molecule has 0 aliphatic carbocycles. The number of amides is 1. The van der Waals surface area contributed by atoms with Crippen molar-refractivity contribution in [3.63, 3.8) is 0 Å². The van der Waals surface area contributed by atoms with Gasteiger partial charge in [-0.3, -0.25) is 5.32 Å². The lowest BCUT2D eigenvalue weighted by atomic mass is 9.80. The van der Waals surface area contributed by atoms with Crippen LogP contribution in [-0.4, -0.2) is 29.9 Å². The van der Waals surface area contributed by atoms with Crippen molar-refractivity contribution in [2.45, 2.75) is 0 Å². The SMILES string of the molecule is C#CCOC(=O)Nc1cccc(B(O)O)c1. The number of carbonyl (C=O) groups excluding carboxylic acids is 1. The Morgan fingerprint density at radius 3 is 2.94 bits per heavy atom. The highest BCUT2D eigenvalue weighted by Crippen LogP contribution is 2.04. The van der Waals surface area contributed by atoms with Crippen molar-refractivity contribution < 1.29 is 19.6 Å². The van der Waals surface area contributed by atoms with Crippen LogP contribution in [0, 0.1) is 12.3 Å². The Labute approximate surface area is 93.2 Å². The smallest absolute Gasteiger partial charge is 0.436 e. The Hall–Kier alpha value is -1.97. The highest BCUT2D eigenvalue weighted by atomic mass is 16.5. The average Bonchev–Trinajstić information content (AvgIpc) is 2.26. The van der Waals surface area contributed by atoms with E-state index in [4.69, 9.17) is 16.5 Å². The molecule has 1 aromatic carbocycles. The number of nitrogens with one attached hydrogen (secondary N) is 1. The minimum Gasteiger partial charge on any atom is -0.436 e. The molecule has 0 unspecified atom stereocenters. The Balaban J connectivity index is 2.64. The molecule has 0 aliphatic rings. The van der Waals surface area contributed by atoms with Gasteiger partial charge in [0.1, 0.15) is 0 Å². The average molecular weight is 219 g/mol. The quantitative estimate of drug-likeness (QED) is 0.475. The second-order valence-electron chi connectivity index (χ2n) is 2.90. The van der Waals surface area contributed by atoms with Crippen molar-refractivity contribution >= 4 is 24.4 Å². The number of terminal acetylenes is 1.